The predicted molar refractivity (Wildman–Crippen MR) is 70.4 cm³/mol. The van der Waals surface area contributed by atoms with Crippen LogP contribution in [0.15, 0.2) is 0 Å². The van der Waals surface area contributed by atoms with Crippen LogP contribution < -0.4 is 5.73 Å². The third-order valence-electron chi connectivity index (χ3n) is 3.48. The lowest BCUT2D eigenvalue weighted by Crippen LogP contribution is -2.35. The monoisotopic (exact) mass is 251 g/mol. The fourth-order valence-corrected chi connectivity index (χ4v) is 2.33. The quantitative estimate of drug-likeness (QED) is 0.768. The van der Waals surface area contributed by atoms with E-state index in [-0.39, 0.29) is 5.91 Å². The molecule has 1 aromatic rings. The molecule has 0 unspecified atom stereocenters. The van der Waals surface area contributed by atoms with Gasteiger partial charge in [0.25, 0.3) is 5.91 Å². The smallest absolute Gasteiger partial charge is 0.274 e. The Morgan fingerprint density at radius 1 is 1.22 bits per heavy atom. The number of nitrogen functional groups attached to an aromatic ring is 1. The van der Waals surface area contributed by atoms with Crippen LogP contribution in [-0.4, -0.2) is 58.7 Å². The zero-order chi connectivity index (χ0) is 13.3. The zero-order valence-electron chi connectivity index (χ0n) is 11.3. The van der Waals surface area contributed by atoms with Gasteiger partial charge in [-0.1, -0.05) is 0 Å². The summed E-state index contributed by atoms with van der Waals surface area (Å²) in [6, 6.07) is 0. The molecule has 1 aromatic heterocycles. The van der Waals surface area contributed by atoms with E-state index in [0.717, 1.165) is 32.6 Å². The largest absolute Gasteiger partial charge is 0.395 e. The van der Waals surface area contributed by atoms with E-state index < -0.39 is 0 Å². The van der Waals surface area contributed by atoms with Gasteiger partial charge in [-0.05, 0) is 26.9 Å². The zero-order valence-corrected chi connectivity index (χ0v) is 11.3. The average Bonchev–Trinajstić information content (AvgIpc) is 2.51. The Morgan fingerprint density at radius 2 is 1.94 bits per heavy atom. The van der Waals surface area contributed by atoms with Gasteiger partial charge in [-0.25, -0.2) is 0 Å². The van der Waals surface area contributed by atoms with E-state index >= 15 is 0 Å². The number of likely N-dealkylation sites (N-methyl/N-ethyl adjacent to an activating group) is 1. The minimum atomic E-state index is -0.00843. The number of amides is 1. The molecule has 0 aliphatic carbocycles. The molecule has 1 amide bonds. The second kappa shape index (κ2) is 4.97. The number of aryl methyl sites for hydroxylation is 2. The van der Waals surface area contributed by atoms with E-state index in [0.29, 0.717) is 17.1 Å². The summed E-state index contributed by atoms with van der Waals surface area (Å²) >= 11 is 0. The minimum Gasteiger partial charge on any atom is -0.395 e. The fraction of sp³-hybridized carbons (Fsp3) is 0.667. The van der Waals surface area contributed by atoms with Crippen LogP contribution in [0.3, 0.4) is 0 Å². The number of aromatic nitrogens is 2. The van der Waals surface area contributed by atoms with Gasteiger partial charge < -0.3 is 15.5 Å². The summed E-state index contributed by atoms with van der Waals surface area (Å²) < 4.78 is 1.58. The number of nitrogens with zero attached hydrogens (tertiary/aromatic N) is 4. The molecule has 0 spiro atoms. The van der Waals surface area contributed by atoms with Gasteiger partial charge in [0, 0.05) is 26.7 Å². The first-order chi connectivity index (χ1) is 8.50. The number of nitrogens with two attached hydrogens (primary N) is 1. The van der Waals surface area contributed by atoms with Crippen molar-refractivity contribution >= 4 is 11.6 Å². The molecule has 0 atom stereocenters. The maximum absolute atomic E-state index is 12.5. The van der Waals surface area contributed by atoms with Crippen LogP contribution in [0.1, 0.15) is 22.6 Å². The highest BCUT2D eigenvalue weighted by Crippen LogP contribution is 2.18. The number of rotatable bonds is 1. The Kier molecular flexibility index (Phi) is 3.56. The summed E-state index contributed by atoms with van der Waals surface area (Å²) in [4.78, 5) is 16.6. The molecule has 100 valence electrons. The molecule has 2 rings (SSSR count). The van der Waals surface area contributed by atoms with Gasteiger partial charge in [0.2, 0.25) is 0 Å². The molecule has 2 N–H and O–H groups in total. The van der Waals surface area contributed by atoms with Crippen LogP contribution in [0.2, 0.25) is 0 Å². The van der Waals surface area contributed by atoms with Crippen LogP contribution >= 0.6 is 0 Å². The van der Waals surface area contributed by atoms with Crippen molar-refractivity contribution in [2.24, 2.45) is 7.05 Å². The Hall–Kier alpha value is -1.56. The highest BCUT2D eigenvalue weighted by molar-refractivity contribution is 5.98. The standard InChI is InChI=1S/C12H21N5O/c1-9-10(13)11(16(3)14-9)12(18)17-6-4-5-15(2)7-8-17/h4-8,13H2,1-3H3. The highest BCUT2D eigenvalue weighted by atomic mass is 16.2. The van der Waals surface area contributed by atoms with Gasteiger partial charge in [-0.2, -0.15) is 5.10 Å². The van der Waals surface area contributed by atoms with E-state index in [4.69, 9.17) is 5.73 Å². The molecule has 0 bridgehead atoms. The molecule has 1 fully saturated rings. The van der Waals surface area contributed by atoms with Crippen molar-refractivity contribution in [3.05, 3.63) is 11.4 Å². The Balaban J connectivity index is 2.20. The summed E-state index contributed by atoms with van der Waals surface area (Å²) in [5.74, 6) is -0.00843. The third kappa shape index (κ3) is 2.33. The molecule has 18 heavy (non-hydrogen) atoms. The number of carbonyl (C=O) groups is 1. The maximum Gasteiger partial charge on any atom is 0.274 e. The lowest BCUT2D eigenvalue weighted by molar-refractivity contribution is 0.0753. The van der Waals surface area contributed by atoms with Gasteiger partial charge in [0.05, 0.1) is 11.4 Å². The van der Waals surface area contributed by atoms with Crippen molar-refractivity contribution in [2.45, 2.75) is 13.3 Å². The summed E-state index contributed by atoms with van der Waals surface area (Å²) in [5.41, 5.74) is 7.66. The minimum absolute atomic E-state index is 0.00843. The van der Waals surface area contributed by atoms with E-state index in [2.05, 4.69) is 17.0 Å². The Morgan fingerprint density at radius 3 is 2.56 bits per heavy atom. The number of hydrogen-bond donors (Lipinski definition) is 1. The Labute approximate surface area is 107 Å². The normalized spacial score (nSPS) is 17.8. The van der Waals surface area contributed by atoms with Crippen molar-refractivity contribution in [1.82, 2.24) is 19.6 Å². The summed E-state index contributed by atoms with van der Waals surface area (Å²) in [6.07, 6.45) is 0.999. The number of carbonyl (C=O) groups excluding carboxylic acids is 1. The third-order valence-corrected chi connectivity index (χ3v) is 3.48. The lowest BCUT2D eigenvalue weighted by atomic mass is 10.2. The average molecular weight is 251 g/mol. The van der Waals surface area contributed by atoms with Crippen molar-refractivity contribution in [1.29, 1.82) is 0 Å². The van der Waals surface area contributed by atoms with E-state index in [9.17, 15) is 4.79 Å². The van der Waals surface area contributed by atoms with Gasteiger partial charge >= 0.3 is 0 Å². The molecular formula is C12H21N5O. The lowest BCUT2D eigenvalue weighted by Gasteiger charge is -2.20. The van der Waals surface area contributed by atoms with Crippen LogP contribution in [0.4, 0.5) is 5.69 Å². The maximum atomic E-state index is 12.5. The molecular weight excluding hydrogens is 230 g/mol. The van der Waals surface area contributed by atoms with Crippen LogP contribution in [0.25, 0.3) is 0 Å². The summed E-state index contributed by atoms with van der Waals surface area (Å²) in [7, 11) is 3.84. The van der Waals surface area contributed by atoms with Gasteiger partial charge in [0.1, 0.15) is 5.69 Å². The SMILES string of the molecule is Cc1nn(C)c(C(=O)N2CCCN(C)CC2)c1N. The van der Waals surface area contributed by atoms with Crippen LogP contribution in [-0.2, 0) is 7.05 Å². The molecule has 2 heterocycles. The molecule has 0 radical (unpaired) electrons. The van der Waals surface area contributed by atoms with Gasteiger partial charge in [0.15, 0.2) is 0 Å². The van der Waals surface area contributed by atoms with Crippen molar-refractivity contribution in [2.75, 3.05) is 39.0 Å². The van der Waals surface area contributed by atoms with Crippen LogP contribution in [0, 0.1) is 6.92 Å². The number of anilines is 1. The van der Waals surface area contributed by atoms with E-state index in [1.54, 1.807) is 11.7 Å². The molecule has 1 aliphatic heterocycles. The Bertz CT molecular complexity index is 454. The van der Waals surface area contributed by atoms with Crippen molar-refractivity contribution in [3.63, 3.8) is 0 Å². The molecule has 0 aromatic carbocycles. The molecule has 6 nitrogen and oxygen atoms in total. The number of hydrogen-bond acceptors (Lipinski definition) is 4. The van der Waals surface area contributed by atoms with Crippen LogP contribution in [0.5, 0.6) is 0 Å². The van der Waals surface area contributed by atoms with Gasteiger partial charge in [-0.3, -0.25) is 9.48 Å². The van der Waals surface area contributed by atoms with Gasteiger partial charge in [-0.15, -0.1) is 0 Å². The summed E-state index contributed by atoms with van der Waals surface area (Å²) in [6.45, 7) is 5.29. The molecule has 6 heteroatoms. The van der Waals surface area contributed by atoms with Crippen molar-refractivity contribution < 1.29 is 4.79 Å². The van der Waals surface area contributed by atoms with Crippen molar-refractivity contribution in [3.8, 4) is 0 Å². The fourth-order valence-electron chi connectivity index (χ4n) is 2.33. The summed E-state index contributed by atoms with van der Waals surface area (Å²) in [5, 5.41) is 4.20. The second-order valence-electron chi connectivity index (χ2n) is 4.92. The second-order valence-corrected chi connectivity index (χ2v) is 4.92. The molecule has 0 saturated carbocycles. The molecule has 1 saturated heterocycles. The highest BCUT2D eigenvalue weighted by Gasteiger charge is 2.24. The topological polar surface area (TPSA) is 67.4 Å². The van der Waals surface area contributed by atoms with E-state index in [1.807, 2.05) is 11.8 Å². The first-order valence-electron chi connectivity index (χ1n) is 6.27. The first kappa shape index (κ1) is 12.9. The first-order valence-corrected chi connectivity index (χ1v) is 6.27. The predicted octanol–water partition coefficient (Wildman–Crippen LogP) is 0.0884. The molecule has 1 aliphatic rings. The van der Waals surface area contributed by atoms with E-state index in [1.165, 1.54) is 0 Å².